The van der Waals surface area contributed by atoms with Gasteiger partial charge in [-0.1, -0.05) is 13.0 Å². The number of aliphatic hydroxyl groups is 3. The Labute approximate surface area is 192 Å². The maximum atomic E-state index is 12.5. The van der Waals surface area contributed by atoms with Crippen molar-refractivity contribution in [2.45, 2.75) is 97.1 Å². The molecule has 12 heteroatoms. The third kappa shape index (κ3) is 12.0. The SMILES string of the molecule is CCC(/C=C(\C)C(=O)OC(O)C(O)CO)[Si](O[Si](C)(C)C)(O[Si](C)(C)C)O[Si](C)(C)C. The van der Waals surface area contributed by atoms with Crippen LogP contribution in [0.1, 0.15) is 20.3 Å². The van der Waals surface area contributed by atoms with Gasteiger partial charge >= 0.3 is 14.8 Å². The van der Waals surface area contributed by atoms with Gasteiger partial charge in [0.15, 0.2) is 25.0 Å². The molecule has 0 aliphatic rings. The standard InChI is InChI=1S/C19H44O8Si4/c1-12-16(13-15(2)18(22)24-19(23)17(21)14-20)31(25-28(3,4)5,26-29(6,7)8)27-30(9,10)11/h13,16-17,19-21,23H,12,14H2,1-11H3/b15-13+. The van der Waals surface area contributed by atoms with E-state index in [0.717, 1.165) is 0 Å². The summed E-state index contributed by atoms with van der Waals surface area (Å²) in [5, 5.41) is 28.1. The maximum absolute atomic E-state index is 12.5. The van der Waals surface area contributed by atoms with Crippen molar-refractivity contribution < 1.29 is 37.2 Å². The Morgan fingerprint density at radius 3 is 1.55 bits per heavy atom. The molecule has 3 unspecified atom stereocenters. The summed E-state index contributed by atoms with van der Waals surface area (Å²) >= 11 is 0. The van der Waals surface area contributed by atoms with Crippen LogP contribution in [0.25, 0.3) is 0 Å². The van der Waals surface area contributed by atoms with Gasteiger partial charge in [0, 0.05) is 11.1 Å². The van der Waals surface area contributed by atoms with Crippen LogP contribution in [-0.4, -0.2) is 74.0 Å². The van der Waals surface area contributed by atoms with Gasteiger partial charge in [-0.25, -0.2) is 4.79 Å². The fraction of sp³-hybridized carbons (Fsp3) is 0.842. The highest BCUT2D eigenvalue weighted by atomic mass is 28.5. The van der Waals surface area contributed by atoms with Gasteiger partial charge in [-0.3, -0.25) is 0 Å². The molecule has 0 rings (SSSR count). The molecule has 0 aliphatic carbocycles. The molecule has 3 N–H and O–H groups in total. The number of ether oxygens (including phenoxy) is 1. The van der Waals surface area contributed by atoms with Gasteiger partial charge in [-0.05, 0) is 72.3 Å². The molecule has 0 radical (unpaired) electrons. The summed E-state index contributed by atoms with van der Waals surface area (Å²) in [6.07, 6.45) is -0.976. The minimum atomic E-state index is -3.26. The number of rotatable bonds is 13. The summed E-state index contributed by atoms with van der Waals surface area (Å²) in [5.41, 5.74) is -0.0180. The Morgan fingerprint density at radius 2 is 1.26 bits per heavy atom. The first kappa shape index (κ1) is 30.8. The average molecular weight is 513 g/mol. The minimum Gasteiger partial charge on any atom is -0.430 e. The van der Waals surface area contributed by atoms with Crippen LogP contribution in [0.4, 0.5) is 0 Å². The molecule has 8 nitrogen and oxygen atoms in total. The van der Waals surface area contributed by atoms with E-state index in [0.29, 0.717) is 6.42 Å². The van der Waals surface area contributed by atoms with E-state index < -0.39 is 58.7 Å². The summed E-state index contributed by atoms with van der Waals surface area (Å²) in [5.74, 6) is -0.782. The Kier molecular flexibility index (Phi) is 11.7. The van der Waals surface area contributed by atoms with Crippen molar-refractivity contribution >= 4 is 39.7 Å². The lowest BCUT2D eigenvalue weighted by Crippen LogP contribution is -2.62. The molecule has 0 aromatic heterocycles. The highest BCUT2D eigenvalue weighted by Crippen LogP contribution is 2.38. The first-order valence-corrected chi connectivity index (χ1v) is 22.7. The number of carbonyl (C=O) groups is 1. The van der Waals surface area contributed by atoms with Crippen LogP contribution in [0, 0.1) is 0 Å². The lowest BCUT2D eigenvalue weighted by atomic mass is 10.2. The molecule has 0 amide bonds. The van der Waals surface area contributed by atoms with E-state index in [-0.39, 0.29) is 11.1 Å². The van der Waals surface area contributed by atoms with Crippen LogP contribution in [-0.2, 0) is 21.9 Å². The monoisotopic (exact) mass is 512 g/mol. The van der Waals surface area contributed by atoms with Gasteiger partial charge in [-0.15, -0.1) is 0 Å². The van der Waals surface area contributed by atoms with Crippen LogP contribution < -0.4 is 0 Å². The second-order valence-electron chi connectivity index (χ2n) is 10.7. The van der Waals surface area contributed by atoms with E-state index in [1.165, 1.54) is 0 Å². The number of allylic oxidation sites excluding steroid dienone is 1. The number of hydrogen-bond donors (Lipinski definition) is 3. The third-order valence-electron chi connectivity index (χ3n) is 3.76. The molecule has 3 atom stereocenters. The van der Waals surface area contributed by atoms with Crippen LogP contribution >= 0.6 is 0 Å². The summed E-state index contributed by atoms with van der Waals surface area (Å²) in [4.78, 5) is 12.5. The van der Waals surface area contributed by atoms with Gasteiger partial charge in [0.2, 0.25) is 6.29 Å². The summed E-state index contributed by atoms with van der Waals surface area (Å²) in [6.45, 7) is 21.7. The smallest absolute Gasteiger partial charge is 0.430 e. The van der Waals surface area contributed by atoms with Crippen molar-refractivity contribution in [1.82, 2.24) is 0 Å². The molecule has 0 heterocycles. The van der Waals surface area contributed by atoms with E-state index in [9.17, 15) is 15.0 Å². The molecule has 0 spiro atoms. The second kappa shape index (κ2) is 11.8. The van der Waals surface area contributed by atoms with E-state index in [2.05, 4.69) is 58.9 Å². The molecule has 0 aromatic rings. The van der Waals surface area contributed by atoms with Gasteiger partial charge in [0.1, 0.15) is 6.10 Å². The second-order valence-corrected chi connectivity index (χ2v) is 27.7. The first-order chi connectivity index (χ1) is 13.7. The molecular weight excluding hydrogens is 469 g/mol. The average Bonchev–Trinajstić information content (AvgIpc) is 2.53. The molecule has 0 bridgehead atoms. The largest absolute Gasteiger partial charge is 0.476 e. The lowest BCUT2D eigenvalue weighted by Gasteiger charge is -2.45. The quantitative estimate of drug-likeness (QED) is 0.149. The predicted octanol–water partition coefficient (Wildman–Crippen LogP) is 3.42. The third-order valence-corrected chi connectivity index (χ3v) is 16.0. The Bertz CT molecular complexity index is 567. The topological polar surface area (TPSA) is 115 Å². The van der Waals surface area contributed by atoms with Gasteiger partial charge < -0.3 is 32.4 Å². The van der Waals surface area contributed by atoms with Gasteiger partial charge in [0.25, 0.3) is 0 Å². The van der Waals surface area contributed by atoms with E-state index in [1.54, 1.807) is 13.0 Å². The number of carbonyl (C=O) groups excluding carboxylic acids is 1. The van der Waals surface area contributed by atoms with E-state index in [4.69, 9.17) is 22.2 Å². The molecule has 184 valence electrons. The van der Waals surface area contributed by atoms with Crippen LogP contribution in [0.3, 0.4) is 0 Å². The van der Waals surface area contributed by atoms with Crippen molar-refractivity contribution in [2.75, 3.05) is 6.61 Å². The number of esters is 1. The summed E-state index contributed by atoms with van der Waals surface area (Å²) in [7, 11) is -9.52. The van der Waals surface area contributed by atoms with E-state index in [1.807, 2.05) is 6.92 Å². The zero-order valence-electron chi connectivity index (χ0n) is 21.1. The number of hydrogen-bond acceptors (Lipinski definition) is 8. The van der Waals surface area contributed by atoms with Crippen LogP contribution in [0.5, 0.6) is 0 Å². The van der Waals surface area contributed by atoms with Crippen molar-refractivity contribution in [1.29, 1.82) is 0 Å². The molecular formula is C19H44O8Si4. The molecule has 0 saturated carbocycles. The zero-order valence-corrected chi connectivity index (χ0v) is 25.1. The summed E-state index contributed by atoms with van der Waals surface area (Å²) in [6, 6.07) is 0. The van der Waals surface area contributed by atoms with Crippen molar-refractivity contribution in [3.05, 3.63) is 11.6 Å². The minimum absolute atomic E-state index is 0.255. The van der Waals surface area contributed by atoms with Crippen molar-refractivity contribution in [3.8, 4) is 0 Å². The Morgan fingerprint density at radius 1 is 0.871 bits per heavy atom. The predicted molar refractivity (Wildman–Crippen MR) is 132 cm³/mol. The van der Waals surface area contributed by atoms with Crippen LogP contribution in [0.15, 0.2) is 11.6 Å². The Balaban J connectivity index is 6.28. The number of aliphatic hydroxyl groups excluding tert-OH is 3. The zero-order chi connectivity index (χ0) is 24.8. The van der Waals surface area contributed by atoms with Gasteiger partial charge in [-0.2, -0.15) is 0 Å². The Hall–Kier alpha value is -0.162. The first-order valence-electron chi connectivity index (χ1n) is 10.7. The maximum Gasteiger partial charge on any atom is 0.476 e. The lowest BCUT2D eigenvalue weighted by molar-refractivity contribution is -0.186. The molecule has 0 saturated heterocycles. The fourth-order valence-corrected chi connectivity index (χ4v) is 17.4. The molecule has 0 aliphatic heterocycles. The summed E-state index contributed by atoms with van der Waals surface area (Å²) < 4.78 is 25.1. The van der Waals surface area contributed by atoms with E-state index >= 15 is 0 Å². The normalized spacial score (nSPS) is 17.3. The van der Waals surface area contributed by atoms with Crippen LogP contribution in [0.2, 0.25) is 64.5 Å². The van der Waals surface area contributed by atoms with Crippen molar-refractivity contribution in [2.24, 2.45) is 0 Å². The van der Waals surface area contributed by atoms with Crippen molar-refractivity contribution in [3.63, 3.8) is 0 Å². The highest BCUT2D eigenvalue weighted by Gasteiger charge is 2.54. The molecule has 31 heavy (non-hydrogen) atoms. The van der Waals surface area contributed by atoms with Gasteiger partial charge in [0.05, 0.1) is 6.61 Å². The fourth-order valence-electron chi connectivity index (χ4n) is 2.78. The molecule has 0 fully saturated rings. The molecule has 0 aromatic carbocycles. The highest BCUT2D eigenvalue weighted by molar-refractivity contribution is 6.90.